The van der Waals surface area contributed by atoms with E-state index in [0.717, 1.165) is 23.9 Å². The molecule has 0 bridgehead atoms. The van der Waals surface area contributed by atoms with Crippen LogP contribution in [0.15, 0.2) is 0 Å². The van der Waals surface area contributed by atoms with Crippen LogP contribution in [0.3, 0.4) is 0 Å². The quantitative estimate of drug-likeness (QED) is 0.747. The number of nitrogen functional groups attached to an aromatic ring is 1. The summed E-state index contributed by atoms with van der Waals surface area (Å²) in [6, 6.07) is 0.804. The number of carbonyl (C=O) groups excluding carboxylic acids is 1. The molecule has 2 atom stereocenters. The molecule has 1 amide bonds. The standard InChI is InChI=1S/C15H24N4OS/c1-9-3-2-4-10(6-5-9)17-14(20)12-13(16)19-15(21-12)18-11-7-8-11/h9-11H,2-8,16H2,1H3,(H,17,20)(H,18,19). The van der Waals surface area contributed by atoms with Crippen molar-refractivity contribution in [1.82, 2.24) is 10.3 Å². The number of hydrogen-bond donors (Lipinski definition) is 3. The summed E-state index contributed by atoms with van der Waals surface area (Å²) in [6.45, 7) is 2.29. The molecule has 2 aliphatic carbocycles. The fourth-order valence-corrected chi connectivity index (χ4v) is 3.71. The number of aromatic nitrogens is 1. The molecular formula is C15H24N4OS. The van der Waals surface area contributed by atoms with E-state index in [4.69, 9.17) is 5.73 Å². The highest BCUT2D eigenvalue weighted by molar-refractivity contribution is 7.18. The summed E-state index contributed by atoms with van der Waals surface area (Å²) in [5.74, 6) is 1.06. The Kier molecular flexibility index (Phi) is 4.33. The number of anilines is 2. The van der Waals surface area contributed by atoms with E-state index in [1.165, 1.54) is 43.4 Å². The molecule has 0 aliphatic heterocycles. The number of thiazole rings is 1. The van der Waals surface area contributed by atoms with E-state index in [-0.39, 0.29) is 11.9 Å². The molecule has 1 heterocycles. The third kappa shape index (κ3) is 3.87. The van der Waals surface area contributed by atoms with Gasteiger partial charge >= 0.3 is 0 Å². The maximum absolute atomic E-state index is 12.4. The zero-order valence-electron chi connectivity index (χ0n) is 12.5. The van der Waals surface area contributed by atoms with Gasteiger partial charge in [-0.3, -0.25) is 4.79 Å². The molecule has 2 aliphatic rings. The molecule has 5 nitrogen and oxygen atoms in total. The Labute approximate surface area is 129 Å². The molecular weight excluding hydrogens is 284 g/mol. The van der Waals surface area contributed by atoms with E-state index in [1.807, 2.05) is 0 Å². The van der Waals surface area contributed by atoms with Crippen LogP contribution in [0, 0.1) is 5.92 Å². The zero-order chi connectivity index (χ0) is 14.8. The van der Waals surface area contributed by atoms with E-state index in [9.17, 15) is 4.79 Å². The summed E-state index contributed by atoms with van der Waals surface area (Å²) in [5, 5.41) is 7.21. The van der Waals surface area contributed by atoms with E-state index >= 15 is 0 Å². The molecule has 0 radical (unpaired) electrons. The van der Waals surface area contributed by atoms with Crippen LogP contribution in [0.25, 0.3) is 0 Å². The normalized spacial score (nSPS) is 26.1. The molecule has 0 saturated heterocycles. The van der Waals surface area contributed by atoms with E-state index in [1.54, 1.807) is 0 Å². The largest absolute Gasteiger partial charge is 0.382 e. The van der Waals surface area contributed by atoms with Crippen LogP contribution < -0.4 is 16.4 Å². The number of nitrogens with one attached hydrogen (secondary N) is 2. The van der Waals surface area contributed by atoms with Crippen molar-refractivity contribution < 1.29 is 4.79 Å². The van der Waals surface area contributed by atoms with Gasteiger partial charge in [0, 0.05) is 12.1 Å². The lowest BCUT2D eigenvalue weighted by atomic mass is 10.0. The number of rotatable bonds is 4. The van der Waals surface area contributed by atoms with Gasteiger partial charge in [0.2, 0.25) is 0 Å². The van der Waals surface area contributed by atoms with E-state index in [2.05, 4.69) is 22.5 Å². The molecule has 2 fully saturated rings. The first-order valence-electron chi connectivity index (χ1n) is 7.95. The predicted molar refractivity (Wildman–Crippen MR) is 86.7 cm³/mol. The van der Waals surface area contributed by atoms with Crippen molar-refractivity contribution in [3.8, 4) is 0 Å². The van der Waals surface area contributed by atoms with Gasteiger partial charge in [0.15, 0.2) is 5.13 Å². The van der Waals surface area contributed by atoms with Gasteiger partial charge in [-0.15, -0.1) is 0 Å². The summed E-state index contributed by atoms with van der Waals surface area (Å²) in [7, 11) is 0. The summed E-state index contributed by atoms with van der Waals surface area (Å²) in [4.78, 5) is 17.2. The lowest BCUT2D eigenvalue weighted by Gasteiger charge is -2.15. The first kappa shape index (κ1) is 14.6. The lowest BCUT2D eigenvalue weighted by Crippen LogP contribution is -2.34. The van der Waals surface area contributed by atoms with Gasteiger partial charge in [0.1, 0.15) is 10.7 Å². The fraction of sp³-hybridized carbons (Fsp3) is 0.733. The van der Waals surface area contributed by atoms with Gasteiger partial charge < -0.3 is 16.4 Å². The maximum atomic E-state index is 12.4. The summed E-state index contributed by atoms with van der Waals surface area (Å²) < 4.78 is 0. The third-order valence-corrected chi connectivity index (χ3v) is 5.36. The highest BCUT2D eigenvalue weighted by atomic mass is 32.1. The average molecular weight is 308 g/mol. The minimum Gasteiger partial charge on any atom is -0.382 e. The number of nitrogens with zero attached hydrogens (tertiary/aromatic N) is 1. The molecule has 2 saturated carbocycles. The molecule has 0 aromatic carbocycles. The van der Waals surface area contributed by atoms with Gasteiger partial charge in [-0.25, -0.2) is 4.98 Å². The molecule has 1 aromatic rings. The Morgan fingerprint density at radius 3 is 2.71 bits per heavy atom. The molecule has 116 valence electrons. The van der Waals surface area contributed by atoms with E-state index in [0.29, 0.717) is 16.7 Å². The zero-order valence-corrected chi connectivity index (χ0v) is 13.3. The first-order valence-corrected chi connectivity index (χ1v) is 8.77. The molecule has 21 heavy (non-hydrogen) atoms. The van der Waals surface area contributed by atoms with Gasteiger partial charge in [-0.2, -0.15) is 0 Å². The fourth-order valence-electron chi connectivity index (χ4n) is 2.84. The van der Waals surface area contributed by atoms with Crippen LogP contribution in [-0.4, -0.2) is 23.0 Å². The first-order chi connectivity index (χ1) is 10.1. The van der Waals surface area contributed by atoms with Gasteiger partial charge in [-0.05, 0) is 38.0 Å². The Bertz CT molecular complexity index is 512. The molecule has 2 unspecified atom stereocenters. The van der Waals surface area contributed by atoms with Crippen molar-refractivity contribution in [3.63, 3.8) is 0 Å². The summed E-state index contributed by atoms with van der Waals surface area (Å²) in [6.07, 6.45) is 8.16. The Morgan fingerprint density at radius 1 is 1.19 bits per heavy atom. The van der Waals surface area contributed by atoms with Crippen LogP contribution in [0.1, 0.15) is 61.5 Å². The smallest absolute Gasteiger partial charge is 0.265 e. The number of nitrogens with two attached hydrogens (primary N) is 1. The molecule has 0 spiro atoms. The van der Waals surface area contributed by atoms with Crippen LogP contribution >= 0.6 is 11.3 Å². The van der Waals surface area contributed by atoms with Crippen LogP contribution in [0.4, 0.5) is 10.9 Å². The van der Waals surface area contributed by atoms with Gasteiger partial charge in [0.05, 0.1) is 0 Å². The second-order valence-electron chi connectivity index (χ2n) is 6.44. The number of hydrogen-bond acceptors (Lipinski definition) is 5. The minimum atomic E-state index is -0.0617. The monoisotopic (exact) mass is 308 g/mol. The third-order valence-electron chi connectivity index (χ3n) is 4.36. The van der Waals surface area contributed by atoms with Crippen LogP contribution in [0.2, 0.25) is 0 Å². The van der Waals surface area contributed by atoms with E-state index < -0.39 is 0 Å². The Hall–Kier alpha value is -1.30. The molecule has 6 heteroatoms. The minimum absolute atomic E-state index is 0.0617. The highest BCUT2D eigenvalue weighted by Crippen LogP contribution is 2.31. The summed E-state index contributed by atoms with van der Waals surface area (Å²) in [5.41, 5.74) is 5.89. The lowest BCUT2D eigenvalue weighted by molar-refractivity contribution is 0.0938. The van der Waals surface area contributed by atoms with Crippen LogP contribution in [-0.2, 0) is 0 Å². The Morgan fingerprint density at radius 2 is 1.95 bits per heavy atom. The second kappa shape index (κ2) is 6.22. The average Bonchev–Trinajstić information content (AvgIpc) is 3.19. The number of carbonyl (C=O) groups is 1. The van der Waals surface area contributed by atoms with Crippen LogP contribution in [0.5, 0.6) is 0 Å². The van der Waals surface area contributed by atoms with Crippen molar-refractivity contribution in [2.75, 3.05) is 11.1 Å². The molecule has 1 aromatic heterocycles. The molecule has 3 rings (SSSR count). The maximum Gasteiger partial charge on any atom is 0.265 e. The Balaban J connectivity index is 1.60. The van der Waals surface area contributed by atoms with Gasteiger partial charge in [-0.1, -0.05) is 31.1 Å². The number of amides is 1. The summed E-state index contributed by atoms with van der Waals surface area (Å²) >= 11 is 1.37. The van der Waals surface area contributed by atoms with Gasteiger partial charge in [0.25, 0.3) is 5.91 Å². The molecule has 4 N–H and O–H groups in total. The van der Waals surface area contributed by atoms with Crippen molar-refractivity contribution in [2.45, 2.75) is 64.0 Å². The van der Waals surface area contributed by atoms with Crippen molar-refractivity contribution in [2.24, 2.45) is 5.92 Å². The highest BCUT2D eigenvalue weighted by Gasteiger charge is 2.25. The van der Waals surface area contributed by atoms with Crippen molar-refractivity contribution >= 4 is 28.2 Å². The second-order valence-corrected chi connectivity index (χ2v) is 7.43. The van der Waals surface area contributed by atoms with Crippen molar-refractivity contribution in [1.29, 1.82) is 0 Å². The van der Waals surface area contributed by atoms with Crippen molar-refractivity contribution in [3.05, 3.63) is 4.88 Å². The SMILES string of the molecule is CC1CCCC(NC(=O)c2sc(NC3CC3)nc2N)CC1. The predicted octanol–water partition coefficient (Wildman–Crippen LogP) is 3.00. The topological polar surface area (TPSA) is 80.0 Å².